The average Bonchev–Trinajstić information content (AvgIpc) is 3.60. The molecule has 9 rings (SSSR count). The van der Waals surface area contributed by atoms with Crippen molar-refractivity contribution in [2.24, 2.45) is 0 Å². The zero-order chi connectivity index (χ0) is 26.2. The van der Waals surface area contributed by atoms with Crippen molar-refractivity contribution < 1.29 is 4.42 Å². The van der Waals surface area contributed by atoms with Crippen LogP contribution in [0.4, 0.5) is 0 Å². The minimum absolute atomic E-state index is 0.646. The molecule has 0 fully saturated rings. The Labute approximate surface area is 228 Å². The highest BCUT2D eigenvalue weighted by molar-refractivity contribution is 6.18. The Morgan fingerprint density at radius 3 is 2.15 bits per heavy atom. The molecule has 0 bridgehead atoms. The summed E-state index contributed by atoms with van der Waals surface area (Å²) >= 11 is 0. The van der Waals surface area contributed by atoms with Crippen molar-refractivity contribution in [2.75, 3.05) is 0 Å². The van der Waals surface area contributed by atoms with Crippen LogP contribution < -0.4 is 0 Å². The van der Waals surface area contributed by atoms with Gasteiger partial charge in [-0.3, -0.25) is 4.40 Å². The Bertz CT molecular complexity index is 2440. The minimum atomic E-state index is 0.646. The number of imidazole rings is 1. The highest BCUT2D eigenvalue weighted by Crippen LogP contribution is 2.40. The summed E-state index contributed by atoms with van der Waals surface area (Å²) in [5.74, 6) is 0.646. The van der Waals surface area contributed by atoms with Gasteiger partial charge in [-0.2, -0.15) is 0 Å². The minimum Gasteiger partial charge on any atom is -0.456 e. The predicted molar refractivity (Wildman–Crippen MR) is 161 cm³/mol. The second-order valence-corrected chi connectivity index (χ2v) is 10.0. The summed E-state index contributed by atoms with van der Waals surface area (Å²) < 4.78 is 8.44. The zero-order valence-corrected chi connectivity index (χ0v) is 21.2. The second-order valence-electron chi connectivity index (χ2n) is 10.0. The SMILES string of the molecule is c1ccc(-c2nc(-c3cccc4oc5ccccc5c34)nc3c2c2ccccc2n2c4ccccc4nc32)cc1. The zero-order valence-electron chi connectivity index (χ0n) is 21.2. The molecule has 0 unspecified atom stereocenters. The molecule has 0 aliphatic rings. The van der Waals surface area contributed by atoms with Gasteiger partial charge in [-0.1, -0.05) is 91.0 Å². The van der Waals surface area contributed by atoms with Crippen molar-refractivity contribution >= 4 is 60.4 Å². The van der Waals surface area contributed by atoms with Crippen LogP contribution in [0, 0.1) is 0 Å². The van der Waals surface area contributed by atoms with E-state index in [1.807, 2.05) is 42.5 Å². The number of rotatable bonds is 2. The lowest BCUT2D eigenvalue weighted by atomic mass is 10.0. The Hall–Kier alpha value is -5.55. The Balaban J connectivity index is 1.52. The third-order valence-electron chi connectivity index (χ3n) is 7.79. The summed E-state index contributed by atoms with van der Waals surface area (Å²) in [5, 5.41) is 4.15. The van der Waals surface area contributed by atoms with Gasteiger partial charge >= 0.3 is 0 Å². The monoisotopic (exact) mass is 512 g/mol. The Kier molecular flexibility index (Phi) is 4.27. The molecule has 4 heterocycles. The third kappa shape index (κ3) is 2.89. The van der Waals surface area contributed by atoms with Crippen LogP contribution in [0.1, 0.15) is 0 Å². The molecule has 40 heavy (non-hydrogen) atoms. The fourth-order valence-corrected chi connectivity index (χ4v) is 6.07. The summed E-state index contributed by atoms with van der Waals surface area (Å²) in [6.07, 6.45) is 0. The first kappa shape index (κ1) is 21.4. The van der Waals surface area contributed by atoms with Gasteiger partial charge in [0, 0.05) is 32.7 Å². The van der Waals surface area contributed by atoms with Gasteiger partial charge in [-0.05, 0) is 30.3 Å². The van der Waals surface area contributed by atoms with Gasteiger partial charge in [0.2, 0.25) is 0 Å². The van der Waals surface area contributed by atoms with E-state index in [-0.39, 0.29) is 0 Å². The van der Waals surface area contributed by atoms with Gasteiger partial charge in [0.25, 0.3) is 0 Å². The maximum Gasteiger partial charge on any atom is 0.165 e. The van der Waals surface area contributed by atoms with E-state index in [9.17, 15) is 0 Å². The van der Waals surface area contributed by atoms with Crippen LogP contribution in [-0.2, 0) is 0 Å². The van der Waals surface area contributed by atoms with E-state index in [4.69, 9.17) is 19.4 Å². The molecule has 0 saturated carbocycles. The van der Waals surface area contributed by atoms with Crippen LogP contribution in [0.5, 0.6) is 0 Å². The van der Waals surface area contributed by atoms with Crippen molar-refractivity contribution in [3.63, 3.8) is 0 Å². The molecule has 4 aromatic heterocycles. The molecule has 0 saturated heterocycles. The summed E-state index contributed by atoms with van der Waals surface area (Å²) in [5.41, 5.74) is 9.23. The van der Waals surface area contributed by atoms with Crippen LogP contribution in [-0.4, -0.2) is 19.4 Å². The molecule has 5 nitrogen and oxygen atoms in total. The molecule has 0 radical (unpaired) electrons. The quantitative estimate of drug-likeness (QED) is 0.217. The van der Waals surface area contributed by atoms with E-state index >= 15 is 0 Å². The number of pyridine rings is 1. The van der Waals surface area contributed by atoms with E-state index in [0.717, 1.165) is 77.2 Å². The van der Waals surface area contributed by atoms with Crippen molar-refractivity contribution in [3.05, 3.63) is 121 Å². The fourth-order valence-electron chi connectivity index (χ4n) is 6.07. The third-order valence-corrected chi connectivity index (χ3v) is 7.79. The number of hydrogen-bond acceptors (Lipinski definition) is 4. The number of fused-ring (bicyclic) bond motifs is 11. The summed E-state index contributed by atoms with van der Waals surface area (Å²) in [7, 11) is 0. The second kappa shape index (κ2) is 7.98. The first-order valence-corrected chi connectivity index (χ1v) is 13.3. The van der Waals surface area contributed by atoms with Gasteiger partial charge in [0.05, 0.1) is 22.2 Å². The van der Waals surface area contributed by atoms with Crippen LogP contribution in [0.3, 0.4) is 0 Å². The van der Waals surface area contributed by atoms with Gasteiger partial charge in [-0.25, -0.2) is 15.0 Å². The number of benzene rings is 5. The summed E-state index contributed by atoms with van der Waals surface area (Å²) in [4.78, 5) is 15.7. The molecule has 5 heteroatoms. The summed E-state index contributed by atoms with van der Waals surface area (Å²) in [6, 6.07) is 41.3. The molecule has 186 valence electrons. The maximum atomic E-state index is 6.21. The lowest BCUT2D eigenvalue weighted by Gasteiger charge is -2.14. The molecule has 0 aliphatic heterocycles. The molecular formula is C35H20N4O. The van der Waals surface area contributed by atoms with Crippen LogP contribution in [0.25, 0.3) is 83.1 Å². The van der Waals surface area contributed by atoms with Crippen LogP contribution >= 0.6 is 0 Å². The molecule has 0 amide bonds. The first-order chi connectivity index (χ1) is 19.8. The first-order valence-electron chi connectivity index (χ1n) is 13.3. The van der Waals surface area contributed by atoms with Crippen molar-refractivity contribution in [1.82, 2.24) is 19.4 Å². The number of nitrogens with zero attached hydrogens (tertiary/aromatic N) is 4. The van der Waals surface area contributed by atoms with Crippen molar-refractivity contribution in [2.45, 2.75) is 0 Å². The number of para-hydroxylation sites is 4. The van der Waals surface area contributed by atoms with Gasteiger partial charge in [0.15, 0.2) is 11.5 Å². The summed E-state index contributed by atoms with van der Waals surface area (Å²) in [6.45, 7) is 0. The molecule has 0 N–H and O–H groups in total. The number of hydrogen-bond donors (Lipinski definition) is 0. The maximum absolute atomic E-state index is 6.21. The standard InChI is InChI=1S/C35H20N4O/c1-2-11-21(12-3-1)32-31-22-13-4-7-17-26(22)39-27-18-8-6-16-25(27)36-35(39)33(31)38-34(37-32)24-15-10-20-29-30(24)23-14-5-9-19-28(23)40-29/h1-20H. The van der Waals surface area contributed by atoms with Gasteiger partial charge in [-0.15, -0.1) is 0 Å². The van der Waals surface area contributed by atoms with E-state index in [1.165, 1.54) is 0 Å². The lowest BCUT2D eigenvalue weighted by molar-refractivity contribution is 0.669. The molecule has 5 aromatic carbocycles. The molecule has 0 aliphatic carbocycles. The highest BCUT2D eigenvalue weighted by Gasteiger charge is 2.22. The van der Waals surface area contributed by atoms with E-state index in [1.54, 1.807) is 0 Å². The molecule has 0 spiro atoms. The predicted octanol–water partition coefficient (Wildman–Crippen LogP) is 8.82. The van der Waals surface area contributed by atoms with Crippen molar-refractivity contribution in [1.29, 1.82) is 0 Å². The smallest absolute Gasteiger partial charge is 0.165 e. The van der Waals surface area contributed by atoms with Gasteiger partial charge in [0.1, 0.15) is 16.7 Å². The van der Waals surface area contributed by atoms with Gasteiger partial charge < -0.3 is 4.42 Å². The van der Waals surface area contributed by atoms with Crippen LogP contribution in [0.15, 0.2) is 126 Å². The Morgan fingerprint density at radius 2 is 1.25 bits per heavy atom. The topological polar surface area (TPSA) is 56.2 Å². The van der Waals surface area contributed by atoms with E-state index in [0.29, 0.717) is 5.82 Å². The highest BCUT2D eigenvalue weighted by atomic mass is 16.3. The largest absolute Gasteiger partial charge is 0.456 e. The van der Waals surface area contributed by atoms with Crippen LogP contribution in [0.2, 0.25) is 0 Å². The molecule has 0 atom stereocenters. The fraction of sp³-hybridized carbons (Fsp3) is 0. The van der Waals surface area contributed by atoms with E-state index in [2.05, 4.69) is 83.3 Å². The van der Waals surface area contributed by atoms with E-state index < -0.39 is 0 Å². The molecule has 9 aromatic rings. The Morgan fingerprint density at radius 1 is 0.525 bits per heavy atom. The normalized spacial score (nSPS) is 12.0. The average molecular weight is 513 g/mol. The molecular weight excluding hydrogens is 492 g/mol. The van der Waals surface area contributed by atoms with Crippen molar-refractivity contribution in [3.8, 4) is 22.6 Å². The number of aromatic nitrogens is 4. The lowest BCUT2D eigenvalue weighted by Crippen LogP contribution is -2.00. The number of furan rings is 1.